The molecule has 0 fully saturated rings. The molecule has 1 aromatic heterocycles. The molecule has 5 heteroatoms. The van der Waals surface area contributed by atoms with Gasteiger partial charge in [0.15, 0.2) is 0 Å². The van der Waals surface area contributed by atoms with Crippen LogP contribution in [-0.4, -0.2) is 17.4 Å². The van der Waals surface area contributed by atoms with Crippen LogP contribution < -0.4 is 5.32 Å². The molecule has 0 radical (unpaired) electrons. The Morgan fingerprint density at radius 1 is 1.75 bits per heavy atom. The molecule has 0 aliphatic rings. The molecule has 1 rings (SSSR count). The van der Waals surface area contributed by atoms with Gasteiger partial charge in [-0.05, 0) is 6.42 Å². The topological polar surface area (TPSA) is 65.8 Å². The average molecular weight is 237 g/mol. The van der Waals surface area contributed by atoms with Crippen LogP contribution in [0, 0.1) is 17.2 Å². The number of thiazole rings is 1. The summed E-state index contributed by atoms with van der Waals surface area (Å²) in [5.74, 6) is -0.681. The van der Waals surface area contributed by atoms with Gasteiger partial charge < -0.3 is 5.32 Å². The largest absolute Gasteiger partial charge is 0.355 e. The highest BCUT2D eigenvalue weighted by Crippen LogP contribution is 2.05. The van der Waals surface area contributed by atoms with Crippen LogP contribution in [-0.2, 0) is 11.2 Å². The van der Waals surface area contributed by atoms with Crippen molar-refractivity contribution in [2.75, 3.05) is 6.54 Å². The summed E-state index contributed by atoms with van der Waals surface area (Å²) >= 11 is 1.54. The summed E-state index contributed by atoms with van der Waals surface area (Å²) in [6.45, 7) is 2.51. The molecule has 1 amide bonds. The second kappa shape index (κ2) is 6.96. The van der Waals surface area contributed by atoms with Crippen molar-refractivity contribution in [3.8, 4) is 6.07 Å². The molecule has 0 saturated heterocycles. The van der Waals surface area contributed by atoms with Gasteiger partial charge in [-0.2, -0.15) is 5.26 Å². The fourth-order valence-corrected chi connectivity index (χ4v) is 1.93. The highest BCUT2D eigenvalue weighted by Gasteiger charge is 2.15. The summed E-state index contributed by atoms with van der Waals surface area (Å²) in [5.41, 5.74) is 2.75. The van der Waals surface area contributed by atoms with Gasteiger partial charge in [-0.15, -0.1) is 11.3 Å². The smallest absolute Gasteiger partial charge is 0.237 e. The number of nitriles is 1. The van der Waals surface area contributed by atoms with E-state index in [9.17, 15) is 4.79 Å². The maximum absolute atomic E-state index is 11.5. The van der Waals surface area contributed by atoms with Gasteiger partial charge in [-0.25, -0.2) is 4.98 Å². The van der Waals surface area contributed by atoms with Crippen LogP contribution >= 0.6 is 11.3 Å². The summed E-state index contributed by atoms with van der Waals surface area (Å²) in [6.07, 6.45) is 2.19. The number of rotatable bonds is 6. The summed E-state index contributed by atoms with van der Waals surface area (Å²) < 4.78 is 0. The predicted octanol–water partition coefficient (Wildman–Crippen LogP) is 1.74. The highest BCUT2D eigenvalue weighted by molar-refractivity contribution is 7.07. The number of amides is 1. The third kappa shape index (κ3) is 3.99. The molecule has 86 valence electrons. The second-order valence-electron chi connectivity index (χ2n) is 3.49. The lowest BCUT2D eigenvalue weighted by Crippen LogP contribution is -2.31. The zero-order valence-corrected chi connectivity index (χ0v) is 10.1. The van der Waals surface area contributed by atoms with E-state index < -0.39 is 5.92 Å². The number of carbonyl (C=O) groups is 1. The third-order valence-electron chi connectivity index (χ3n) is 2.21. The monoisotopic (exact) mass is 237 g/mol. The first-order valence-electron chi connectivity index (χ1n) is 5.32. The minimum Gasteiger partial charge on any atom is -0.355 e. The Morgan fingerprint density at radius 2 is 2.56 bits per heavy atom. The molecule has 1 aromatic rings. The Bertz CT molecular complexity index is 356. The molecular weight excluding hydrogens is 222 g/mol. The van der Waals surface area contributed by atoms with Gasteiger partial charge in [0.25, 0.3) is 0 Å². The summed E-state index contributed by atoms with van der Waals surface area (Å²) in [5, 5.41) is 13.5. The minimum atomic E-state index is -0.513. The molecule has 0 aliphatic heterocycles. The molecule has 16 heavy (non-hydrogen) atoms. The van der Waals surface area contributed by atoms with E-state index in [1.807, 2.05) is 18.4 Å². The van der Waals surface area contributed by atoms with Gasteiger partial charge in [-0.3, -0.25) is 4.79 Å². The van der Waals surface area contributed by atoms with E-state index in [0.717, 1.165) is 18.5 Å². The van der Waals surface area contributed by atoms with Crippen molar-refractivity contribution in [3.63, 3.8) is 0 Å². The molecule has 1 unspecified atom stereocenters. The maximum atomic E-state index is 11.5. The first-order chi connectivity index (χ1) is 7.77. The average Bonchev–Trinajstić information content (AvgIpc) is 2.78. The van der Waals surface area contributed by atoms with E-state index in [1.54, 1.807) is 16.8 Å². The highest BCUT2D eigenvalue weighted by atomic mass is 32.1. The maximum Gasteiger partial charge on any atom is 0.237 e. The number of nitrogens with zero attached hydrogens (tertiary/aromatic N) is 2. The Hall–Kier alpha value is -1.41. The van der Waals surface area contributed by atoms with Crippen LogP contribution in [0.4, 0.5) is 0 Å². The van der Waals surface area contributed by atoms with Gasteiger partial charge in [0.1, 0.15) is 5.92 Å². The van der Waals surface area contributed by atoms with Crippen LogP contribution in [0.15, 0.2) is 10.9 Å². The Morgan fingerprint density at radius 3 is 3.12 bits per heavy atom. The molecule has 4 nitrogen and oxygen atoms in total. The van der Waals surface area contributed by atoms with Gasteiger partial charge in [0.05, 0.1) is 17.3 Å². The summed E-state index contributed by atoms with van der Waals surface area (Å²) in [4.78, 5) is 15.7. The lowest BCUT2D eigenvalue weighted by Gasteiger charge is -2.08. The van der Waals surface area contributed by atoms with Gasteiger partial charge in [0.2, 0.25) is 5.91 Å². The Balaban J connectivity index is 2.27. The van der Waals surface area contributed by atoms with Crippen molar-refractivity contribution in [2.45, 2.75) is 26.2 Å². The quantitative estimate of drug-likeness (QED) is 0.819. The zero-order chi connectivity index (χ0) is 11.8. The van der Waals surface area contributed by atoms with E-state index in [2.05, 4.69) is 10.3 Å². The standard InChI is InChI=1S/C11H15N3OS/c1-2-3-9(6-12)11(15)13-5-4-10-7-16-8-14-10/h7-9H,2-5H2,1H3,(H,13,15). The number of nitrogens with one attached hydrogen (secondary N) is 1. The first kappa shape index (κ1) is 12.7. The fourth-order valence-electron chi connectivity index (χ4n) is 1.34. The van der Waals surface area contributed by atoms with Gasteiger partial charge in [-0.1, -0.05) is 13.3 Å². The van der Waals surface area contributed by atoms with Crippen LogP contribution in [0.5, 0.6) is 0 Å². The van der Waals surface area contributed by atoms with Crippen molar-refractivity contribution in [1.29, 1.82) is 5.26 Å². The molecular formula is C11H15N3OS. The second-order valence-corrected chi connectivity index (χ2v) is 4.21. The van der Waals surface area contributed by atoms with Gasteiger partial charge >= 0.3 is 0 Å². The molecule has 0 aromatic carbocycles. The van der Waals surface area contributed by atoms with Crippen molar-refractivity contribution in [3.05, 3.63) is 16.6 Å². The van der Waals surface area contributed by atoms with Crippen molar-refractivity contribution < 1.29 is 4.79 Å². The van der Waals surface area contributed by atoms with E-state index in [-0.39, 0.29) is 5.91 Å². The van der Waals surface area contributed by atoms with Crippen molar-refractivity contribution in [2.24, 2.45) is 5.92 Å². The molecule has 1 N–H and O–H groups in total. The number of hydrogen-bond acceptors (Lipinski definition) is 4. The predicted molar refractivity (Wildman–Crippen MR) is 62.8 cm³/mol. The van der Waals surface area contributed by atoms with Crippen LogP contribution in [0.1, 0.15) is 25.5 Å². The number of aromatic nitrogens is 1. The van der Waals surface area contributed by atoms with E-state index in [0.29, 0.717) is 13.0 Å². The van der Waals surface area contributed by atoms with Crippen LogP contribution in [0.3, 0.4) is 0 Å². The fraction of sp³-hybridized carbons (Fsp3) is 0.545. The third-order valence-corrected chi connectivity index (χ3v) is 2.85. The summed E-state index contributed by atoms with van der Waals surface area (Å²) in [7, 11) is 0. The number of carbonyl (C=O) groups excluding carboxylic acids is 1. The molecule has 0 spiro atoms. The van der Waals surface area contributed by atoms with Crippen molar-refractivity contribution >= 4 is 17.2 Å². The molecule has 1 heterocycles. The lowest BCUT2D eigenvalue weighted by atomic mass is 10.1. The van der Waals surface area contributed by atoms with E-state index >= 15 is 0 Å². The minimum absolute atomic E-state index is 0.167. The van der Waals surface area contributed by atoms with E-state index in [4.69, 9.17) is 5.26 Å². The zero-order valence-electron chi connectivity index (χ0n) is 9.27. The molecule has 1 atom stereocenters. The summed E-state index contributed by atoms with van der Waals surface area (Å²) in [6, 6.07) is 2.02. The van der Waals surface area contributed by atoms with Gasteiger partial charge in [0, 0.05) is 18.3 Å². The van der Waals surface area contributed by atoms with Crippen molar-refractivity contribution in [1.82, 2.24) is 10.3 Å². The Labute approximate surface area is 99.3 Å². The number of hydrogen-bond donors (Lipinski definition) is 1. The lowest BCUT2D eigenvalue weighted by molar-refractivity contribution is -0.123. The Kier molecular flexibility index (Phi) is 5.51. The first-order valence-corrected chi connectivity index (χ1v) is 6.26. The molecule has 0 bridgehead atoms. The van der Waals surface area contributed by atoms with Crippen LogP contribution in [0.2, 0.25) is 0 Å². The SMILES string of the molecule is CCCC(C#N)C(=O)NCCc1cscn1. The van der Waals surface area contributed by atoms with Crippen LogP contribution in [0.25, 0.3) is 0 Å². The van der Waals surface area contributed by atoms with E-state index in [1.165, 1.54) is 0 Å². The normalized spacial score (nSPS) is 11.8. The molecule has 0 saturated carbocycles. The molecule has 0 aliphatic carbocycles.